The van der Waals surface area contributed by atoms with Gasteiger partial charge in [0.2, 0.25) is 0 Å². The monoisotopic (exact) mass is 283 g/mol. The Morgan fingerprint density at radius 3 is 2.70 bits per heavy atom. The van der Waals surface area contributed by atoms with Crippen molar-refractivity contribution in [1.29, 1.82) is 0 Å². The molecule has 20 heavy (non-hydrogen) atoms. The van der Waals surface area contributed by atoms with Gasteiger partial charge >= 0.3 is 0 Å². The van der Waals surface area contributed by atoms with Crippen LogP contribution in [0.25, 0.3) is 11.3 Å². The van der Waals surface area contributed by atoms with Crippen LogP contribution < -0.4 is 0 Å². The first-order valence-electron chi connectivity index (χ1n) is 7.35. The van der Waals surface area contributed by atoms with Crippen molar-refractivity contribution in [2.45, 2.75) is 25.7 Å². The summed E-state index contributed by atoms with van der Waals surface area (Å²) in [5.74, 6) is 2.23. The van der Waals surface area contributed by atoms with Crippen LogP contribution in [-0.2, 0) is 11.2 Å². The topological polar surface area (TPSA) is 30.0 Å². The van der Waals surface area contributed by atoms with Gasteiger partial charge in [0.1, 0.15) is 10.8 Å². The zero-order chi connectivity index (χ0) is 13.5. The van der Waals surface area contributed by atoms with E-state index in [0.29, 0.717) is 18.1 Å². The third-order valence-electron chi connectivity index (χ3n) is 4.73. The molecule has 0 radical (unpaired) electrons. The highest BCUT2D eigenvalue weighted by Crippen LogP contribution is 2.58. The van der Waals surface area contributed by atoms with Crippen LogP contribution in [0, 0.1) is 17.8 Å². The third kappa shape index (κ3) is 2.10. The quantitative estimate of drug-likeness (QED) is 0.850. The van der Waals surface area contributed by atoms with E-state index in [2.05, 4.69) is 22.5 Å². The first-order valence-corrected chi connectivity index (χ1v) is 8.23. The first kappa shape index (κ1) is 12.3. The molecule has 2 aliphatic rings. The molecule has 1 heterocycles. The number of nitrogens with zero attached hydrogens (tertiary/aromatic N) is 1. The number of hydrogen-bond donors (Lipinski definition) is 0. The summed E-state index contributed by atoms with van der Waals surface area (Å²) in [5, 5.41) is 3.03. The van der Waals surface area contributed by atoms with E-state index in [-0.39, 0.29) is 0 Å². The van der Waals surface area contributed by atoms with Gasteiger partial charge < -0.3 is 0 Å². The van der Waals surface area contributed by atoms with Gasteiger partial charge in [-0.1, -0.05) is 36.8 Å². The number of aromatic nitrogens is 1. The molecule has 3 heteroatoms. The second-order valence-corrected chi connectivity index (χ2v) is 6.86. The first-order chi connectivity index (χ1) is 9.83. The van der Waals surface area contributed by atoms with Gasteiger partial charge in [0.05, 0.1) is 12.1 Å². The Kier molecular flexibility index (Phi) is 2.95. The molecule has 102 valence electrons. The molecule has 1 aromatic heterocycles. The Morgan fingerprint density at radius 2 is 1.95 bits per heavy atom. The van der Waals surface area contributed by atoms with Crippen LogP contribution in [0.4, 0.5) is 0 Å². The Hall–Kier alpha value is -1.48. The van der Waals surface area contributed by atoms with Crippen LogP contribution in [0.5, 0.6) is 0 Å². The van der Waals surface area contributed by atoms with Crippen LogP contribution in [0.2, 0.25) is 0 Å². The predicted octanol–water partition coefficient (Wildman–Crippen LogP) is 3.97. The van der Waals surface area contributed by atoms with E-state index >= 15 is 0 Å². The number of thiazole rings is 1. The lowest BCUT2D eigenvalue weighted by molar-refractivity contribution is -0.120. The molecular formula is C17H17NOS. The molecule has 2 aliphatic carbocycles. The van der Waals surface area contributed by atoms with Gasteiger partial charge in [-0.05, 0) is 24.7 Å². The number of fused-ring (bicyclic) bond motifs is 1. The molecule has 4 rings (SSSR count). The van der Waals surface area contributed by atoms with Gasteiger partial charge in [0.15, 0.2) is 0 Å². The van der Waals surface area contributed by atoms with Crippen molar-refractivity contribution in [2.24, 2.45) is 17.8 Å². The maximum Gasteiger partial charge on any atom is 0.143 e. The normalized spacial score (nSPS) is 27.3. The Bertz CT molecular complexity index is 623. The lowest BCUT2D eigenvalue weighted by Crippen LogP contribution is -2.08. The summed E-state index contributed by atoms with van der Waals surface area (Å²) in [5.41, 5.74) is 2.13. The fourth-order valence-corrected chi connectivity index (χ4v) is 4.51. The molecule has 0 spiro atoms. The Balaban J connectivity index is 1.45. The highest BCUT2D eigenvalue weighted by molar-refractivity contribution is 7.10. The molecule has 2 aromatic rings. The van der Waals surface area contributed by atoms with Gasteiger partial charge in [0.25, 0.3) is 0 Å². The van der Waals surface area contributed by atoms with E-state index in [1.165, 1.54) is 19.3 Å². The van der Waals surface area contributed by atoms with Crippen molar-refractivity contribution in [2.75, 3.05) is 0 Å². The minimum Gasteiger partial charge on any atom is -0.299 e. The molecule has 1 aromatic carbocycles. The van der Waals surface area contributed by atoms with Crippen molar-refractivity contribution in [3.05, 3.63) is 40.7 Å². The fourth-order valence-electron chi connectivity index (χ4n) is 3.70. The van der Waals surface area contributed by atoms with Gasteiger partial charge in [-0.2, -0.15) is 0 Å². The molecule has 0 N–H and O–H groups in total. The molecule has 0 saturated heterocycles. The minimum absolute atomic E-state index is 0.368. The fraction of sp³-hybridized carbons (Fsp3) is 0.412. The Labute approximate surface area is 122 Å². The van der Waals surface area contributed by atoms with Gasteiger partial charge in [-0.15, -0.1) is 11.3 Å². The third-order valence-corrected chi connectivity index (χ3v) is 5.57. The molecule has 2 nitrogen and oxygen atoms in total. The lowest BCUT2D eigenvalue weighted by Gasteiger charge is -2.00. The zero-order valence-electron chi connectivity index (χ0n) is 11.3. The Morgan fingerprint density at radius 1 is 1.20 bits per heavy atom. The summed E-state index contributed by atoms with van der Waals surface area (Å²) in [7, 11) is 0. The average Bonchev–Trinajstić information content (AvgIpc) is 2.85. The number of benzene rings is 1. The summed E-state index contributed by atoms with van der Waals surface area (Å²) in [6.45, 7) is 0. The minimum atomic E-state index is 0.368. The maximum atomic E-state index is 12.3. The highest BCUT2D eigenvalue weighted by Gasteiger charge is 2.55. The van der Waals surface area contributed by atoms with Crippen LogP contribution in [0.1, 0.15) is 24.3 Å². The summed E-state index contributed by atoms with van der Waals surface area (Å²) < 4.78 is 0. The molecule has 0 amide bonds. The second kappa shape index (κ2) is 4.81. The van der Waals surface area contributed by atoms with Crippen molar-refractivity contribution in [3.8, 4) is 11.3 Å². The SMILES string of the molecule is O=C(Cc1nc(-c2ccccc2)cs1)C1C2CCCC21. The standard InChI is InChI=1S/C17H17NOS/c19-15(17-12-7-4-8-13(12)17)9-16-18-14(10-20-16)11-5-2-1-3-6-11/h1-3,5-6,10,12-13,17H,4,7-9H2. The summed E-state index contributed by atoms with van der Waals surface area (Å²) in [4.78, 5) is 16.9. The van der Waals surface area contributed by atoms with Crippen LogP contribution >= 0.6 is 11.3 Å². The molecule has 2 atom stereocenters. The van der Waals surface area contributed by atoms with Crippen LogP contribution in [-0.4, -0.2) is 10.8 Å². The zero-order valence-corrected chi connectivity index (χ0v) is 12.1. The largest absolute Gasteiger partial charge is 0.299 e. The molecule has 2 saturated carbocycles. The van der Waals surface area contributed by atoms with Crippen molar-refractivity contribution in [1.82, 2.24) is 4.98 Å². The molecule has 2 unspecified atom stereocenters. The molecule has 0 aliphatic heterocycles. The van der Waals surface area contributed by atoms with Gasteiger partial charge in [-0.3, -0.25) is 4.79 Å². The predicted molar refractivity (Wildman–Crippen MR) is 80.6 cm³/mol. The number of Topliss-reactive ketones (excluding diaryl/α,β-unsaturated/α-hetero) is 1. The van der Waals surface area contributed by atoms with Crippen LogP contribution in [0.15, 0.2) is 35.7 Å². The lowest BCUT2D eigenvalue weighted by atomic mass is 10.1. The summed E-state index contributed by atoms with van der Waals surface area (Å²) in [6.07, 6.45) is 4.41. The maximum absolute atomic E-state index is 12.3. The van der Waals surface area contributed by atoms with E-state index < -0.39 is 0 Å². The van der Waals surface area contributed by atoms with Gasteiger partial charge in [0, 0.05) is 16.9 Å². The van der Waals surface area contributed by atoms with E-state index in [9.17, 15) is 4.79 Å². The van der Waals surface area contributed by atoms with E-state index in [0.717, 1.165) is 28.1 Å². The summed E-state index contributed by atoms with van der Waals surface area (Å²) in [6, 6.07) is 10.2. The van der Waals surface area contributed by atoms with E-state index in [1.807, 2.05) is 18.2 Å². The van der Waals surface area contributed by atoms with Crippen molar-refractivity contribution >= 4 is 17.1 Å². The van der Waals surface area contributed by atoms with Gasteiger partial charge in [-0.25, -0.2) is 4.98 Å². The second-order valence-electron chi connectivity index (χ2n) is 5.92. The number of rotatable bonds is 4. The van der Waals surface area contributed by atoms with Crippen LogP contribution in [0.3, 0.4) is 0 Å². The number of carbonyl (C=O) groups is 1. The van der Waals surface area contributed by atoms with Crippen molar-refractivity contribution < 1.29 is 4.79 Å². The average molecular weight is 283 g/mol. The number of carbonyl (C=O) groups excluding carboxylic acids is 1. The smallest absolute Gasteiger partial charge is 0.143 e. The van der Waals surface area contributed by atoms with E-state index in [4.69, 9.17) is 0 Å². The molecule has 0 bridgehead atoms. The highest BCUT2D eigenvalue weighted by atomic mass is 32.1. The molecule has 2 fully saturated rings. The summed E-state index contributed by atoms with van der Waals surface area (Å²) >= 11 is 1.61. The number of hydrogen-bond acceptors (Lipinski definition) is 3. The number of ketones is 1. The van der Waals surface area contributed by atoms with E-state index in [1.54, 1.807) is 11.3 Å². The van der Waals surface area contributed by atoms with Crippen molar-refractivity contribution in [3.63, 3.8) is 0 Å². The molecular weight excluding hydrogens is 266 g/mol.